The van der Waals surface area contributed by atoms with Crippen LogP contribution < -0.4 is 4.74 Å². The Morgan fingerprint density at radius 3 is 2.43 bits per heavy atom. The van der Waals surface area contributed by atoms with E-state index >= 15 is 0 Å². The number of ether oxygens (including phenoxy) is 1. The van der Waals surface area contributed by atoms with Crippen LogP contribution in [0.3, 0.4) is 0 Å². The minimum atomic E-state index is -4.87. The summed E-state index contributed by atoms with van der Waals surface area (Å²) in [4.78, 5) is 4.06. The number of hydrogen-bond donors (Lipinski definition) is 0. The summed E-state index contributed by atoms with van der Waals surface area (Å²) in [5.74, 6) is -1.55. The van der Waals surface area contributed by atoms with Crippen LogP contribution in [0.5, 0.6) is 5.75 Å². The minimum Gasteiger partial charge on any atom is -0.405 e. The summed E-state index contributed by atoms with van der Waals surface area (Å²) >= 11 is 0. The van der Waals surface area contributed by atoms with Gasteiger partial charge in [-0.05, 0) is 24.6 Å². The highest BCUT2D eigenvalue weighted by Gasteiger charge is 2.33. The van der Waals surface area contributed by atoms with Crippen LogP contribution in [0.25, 0.3) is 0 Å². The number of benzene rings is 1. The van der Waals surface area contributed by atoms with Gasteiger partial charge in [-0.1, -0.05) is 24.3 Å². The van der Waals surface area contributed by atoms with Crippen molar-refractivity contribution in [3.8, 4) is 17.9 Å². The third-order valence-corrected chi connectivity index (χ3v) is 3.10. The molecule has 116 valence electrons. The van der Waals surface area contributed by atoms with E-state index in [9.17, 15) is 18.4 Å². The van der Waals surface area contributed by atoms with Crippen LogP contribution in [0.4, 0.5) is 13.2 Å². The molecule has 1 aromatic heterocycles. The molecule has 2 aromatic rings. The molecule has 0 spiro atoms. The highest BCUT2D eigenvalue weighted by Crippen LogP contribution is 2.34. The lowest BCUT2D eigenvalue weighted by atomic mass is 9.95. The van der Waals surface area contributed by atoms with Gasteiger partial charge in [0.25, 0.3) is 0 Å². The van der Waals surface area contributed by atoms with Crippen LogP contribution >= 0.6 is 0 Å². The average molecular weight is 317 g/mol. The van der Waals surface area contributed by atoms with Crippen molar-refractivity contribution in [1.29, 1.82) is 10.5 Å². The fourth-order valence-corrected chi connectivity index (χ4v) is 2.05. The Balaban J connectivity index is 2.51. The summed E-state index contributed by atoms with van der Waals surface area (Å²) in [5.41, 5.74) is 0.963. The van der Waals surface area contributed by atoms with Crippen LogP contribution in [-0.4, -0.2) is 11.3 Å². The average Bonchev–Trinajstić information content (AvgIpc) is 2.49. The topological polar surface area (TPSA) is 69.7 Å². The second kappa shape index (κ2) is 6.37. The Morgan fingerprint density at radius 2 is 1.83 bits per heavy atom. The number of nitrogens with zero attached hydrogens (tertiary/aromatic N) is 3. The van der Waals surface area contributed by atoms with Crippen molar-refractivity contribution in [3.05, 3.63) is 58.9 Å². The van der Waals surface area contributed by atoms with E-state index in [2.05, 4.69) is 9.72 Å². The van der Waals surface area contributed by atoms with Gasteiger partial charge in [0.05, 0.1) is 11.8 Å². The standard InChI is InChI=1S/C16H10F3N3O/c1-10-6-7-13(22-14(10)9-21)12(8-20)11-4-2-3-5-15(11)23-16(17,18)19/h2-7,12H,1H3. The second-order valence-corrected chi connectivity index (χ2v) is 4.66. The lowest BCUT2D eigenvalue weighted by Gasteiger charge is -2.16. The van der Waals surface area contributed by atoms with E-state index < -0.39 is 18.0 Å². The Hall–Kier alpha value is -3.06. The first-order valence-electron chi connectivity index (χ1n) is 6.47. The number of rotatable bonds is 3. The van der Waals surface area contributed by atoms with Crippen LogP contribution in [0, 0.1) is 29.6 Å². The van der Waals surface area contributed by atoms with Crippen molar-refractivity contribution >= 4 is 0 Å². The molecule has 0 radical (unpaired) electrons. The van der Waals surface area contributed by atoms with Gasteiger partial charge in [0.15, 0.2) is 0 Å². The molecular weight excluding hydrogens is 307 g/mol. The van der Waals surface area contributed by atoms with Crippen molar-refractivity contribution in [2.75, 3.05) is 0 Å². The molecule has 0 amide bonds. The highest BCUT2D eigenvalue weighted by molar-refractivity contribution is 5.45. The number of halogens is 3. The van der Waals surface area contributed by atoms with Gasteiger partial charge in [0, 0.05) is 5.56 Å². The molecule has 1 atom stereocenters. The smallest absolute Gasteiger partial charge is 0.405 e. The fourth-order valence-electron chi connectivity index (χ4n) is 2.05. The van der Waals surface area contributed by atoms with Crippen molar-refractivity contribution < 1.29 is 17.9 Å². The molecule has 1 aromatic carbocycles. The molecule has 0 bridgehead atoms. The van der Waals surface area contributed by atoms with Crippen LogP contribution in [0.15, 0.2) is 36.4 Å². The fraction of sp³-hybridized carbons (Fsp3) is 0.188. The first-order chi connectivity index (χ1) is 10.9. The molecule has 0 aliphatic carbocycles. The summed E-state index contributed by atoms with van der Waals surface area (Å²) in [6.45, 7) is 1.68. The maximum Gasteiger partial charge on any atom is 0.573 e. The van der Waals surface area contributed by atoms with Gasteiger partial charge < -0.3 is 4.74 Å². The zero-order valence-electron chi connectivity index (χ0n) is 11.9. The van der Waals surface area contributed by atoms with Gasteiger partial charge in [-0.2, -0.15) is 10.5 Å². The molecule has 2 rings (SSSR count). The summed E-state index contributed by atoms with van der Waals surface area (Å²) in [5, 5.41) is 18.4. The number of hydrogen-bond acceptors (Lipinski definition) is 4. The Kier molecular flexibility index (Phi) is 4.52. The first kappa shape index (κ1) is 16.3. The molecule has 0 saturated carbocycles. The van der Waals surface area contributed by atoms with Gasteiger partial charge >= 0.3 is 6.36 Å². The number of para-hydroxylation sites is 1. The van der Waals surface area contributed by atoms with E-state index in [1.807, 2.05) is 12.1 Å². The number of nitriles is 2. The molecule has 0 aliphatic rings. The molecule has 23 heavy (non-hydrogen) atoms. The maximum atomic E-state index is 12.5. The van der Waals surface area contributed by atoms with Crippen molar-refractivity contribution in [1.82, 2.24) is 4.98 Å². The van der Waals surface area contributed by atoms with E-state index in [1.165, 1.54) is 24.3 Å². The van der Waals surface area contributed by atoms with E-state index in [-0.39, 0.29) is 17.0 Å². The summed E-state index contributed by atoms with van der Waals surface area (Å²) in [7, 11) is 0. The Bertz CT molecular complexity index is 803. The largest absolute Gasteiger partial charge is 0.573 e. The normalized spacial score (nSPS) is 12.1. The zero-order valence-corrected chi connectivity index (χ0v) is 11.9. The van der Waals surface area contributed by atoms with Crippen molar-refractivity contribution in [2.45, 2.75) is 19.2 Å². The number of alkyl halides is 3. The Morgan fingerprint density at radius 1 is 1.13 bits per heavy atom. The molecule has 0 aliphatic heterocycles. The van der Waals surface area contributed by atoms with Gasteiger partial charge in [-0.15, -0.1) is 13.2 Å². The third kappa shape index (κ3) is 3.78. The zero-order chi connectivity index (χ0) is 17.0. The van der Waals surface area contributed by atoms with E-state index in [1.54, 1.807) is 13.0 Å². The molecule has 4 nitrogen and oxygen atoms in total. The summed E-state index contributed by atoms with van der Waals surface area (Å²) in [6.07, 6.45) is -4.87. The lowest BCUT2D eigenvalue weighted by Crippen LogP contribution is -2.19. The van der Waals surface area contributed by atoms with Crippen LogP contribution in [0.1, 0.15) is 28.4 Å². The second-order valence-electron chi connectivity index (χ2n) is 4.66. The SMILES string of the molecule is Cc1ccc(C(C#N)c2ccccc2OC(F)(F)F)nc1C#N. The van der Waals surface area contributed by atoms with E-state index in [0.29, 0.717) is 5.56 Å². The van der Waals surface area contributed by atoms with Gasteiger partial charge in [0.1, 0.15) is 23.4 Å². The lowest BCUT2D eigenvalue weighted by molar-refractivity contribution is -0.274. The maximum absolute atomic E-state index is 12.5. The number of pyridine rings is 1. The van der Waals surface area contributed by atoms with Gasteiger partial charge in [-0.25, -0.2) is 4.98 Å². The van der Waals surface area contributed by atoms with Gasteiger partial charge in [0.2, 0.25) is 0 Å². The monoisotopic (exact) mass is 317 g/mol. The first-order valence-corrected chi connectivity index (χ1v) is 6.47. The molecule has 0 fully saturated rings. The summed E-state index contributed by atoms with van der Waals surface area (Å²) < 4.78 is 41.5. The molecule has 0 N–H and O–H groups in total. The molecule has 1 unspecified atom stereocenters. The molecule has 7 heteroatoms. The highest BCUT2D eigenvalue weighted by atomic mass is 19.4. The molecular formula is C16H10F3N3O. The molecule has 0 saturated heterocycles. The minimum absolute atomic E-state index is 0.0348. The summed E-state index contributed by atoms with van der Waals surface area (Å²) in [6, 6.07) is 12.3. The van der Waals surface area contributed by atoms with Crippen LogP contribution in [0.2, 0.25) is 0 Å². The van der Waals surface area contributed by atoms with E-state index in [4.69, 9.17) is 5.26 Å². The van der Waals surface area contributed by atoms with Crippen LogP contribution in [-0.2, 0) is 0 Å². The van der Waals surface area contributed by atoms with Crippen molar-refractivity contribution in [3.63, 3.8) is 0 Å². The predicted octanol–water partition coefficient (Wildman–Crippen LogP) is 3.82. The third-order valence-electron chi connectivity index (χ3n) is 3.10. The predicted molar refractivity (Wildman–Crippen MR) is 74.3 cm³/mol. The number of aromatic nitrogens is 1. The van der Waals surface area contributed by atoms with Crippen molar-refractivity contribution in [2.24, 2.45) is 0 Å². The molecule has 1 heterocycles. The van der Waals surface area contributed by atoms with E-state index in [0.717, 1.165) is 6.07 Å². The Labute approximate surface area is 130 Å². The number of aryl methyl sites for hydroxylation is 1. The quantitative estimate of drug-likeness (QED) is 0.863. The van der Waals surface area contributed by atoms with Gasteiger partial charge in [-0.3, -0.25) is 0 Å².